The van der Waals surface area contributed by atoms with Crippen LogP contribution in [0.15, 0.2) is 24.3 Å². The first kappa shape index (κ1) is 18.8. The minimum Gasteiger partial charge on any atom is -0.427 e. The fourth-order valence-electron chi connectivity index (χ4n) is 1.87. The standard InChI is InChI=1S/C14H22FN2O4P/c15-13(14(18)17-10-4-2-1-3-9-16)11-5-7-12(8-6-11)21-22(19)20/h5-8,13,19-20H,1-4,9-10,16H2,(H,17,18). The quantitative estimate of drug-likeness (QED) is 0.387. The van der Waals surface area contributed by atoms with E-state index in [0.717, 1.165) is 25.7 Å². The smallest absolute Gasteiger partial charge is 0.391 e. The fraction of sp³-hybridized carbons (Fsp3) is 0.500. The minimum atomic E-state index is -2.51. The van der Waals surface area contributed by atoms with Gasteiger partial charge in [0.15, 0.2) is 0 Å². The van der Waals surface area contributed by atoms with Gasteiger partial charge in [-0.05, 0) is 37.1 Å². The van der Waals surface area contributed by atoms with Crippen molar-refractivity contribution in [3.05, 3.63) is 29.8 Å². The molecule has 0 radical (unpaired) electrons. The summed E-state index contributed by atoms with van der Waals surface area (Å²) in [7, 11) is -2.51. The number of hydrogen-bond donors (Lipinski definition) is 4. The van der Waals surface area contributed by atoms with Gasteiger partial charge in [0.25, 0.3) is 5.91 Å². The van der Waals surface area contributed by atoms with Crippen LogP contribution in [0.1, 0.15) is 37.4 Å². The zero-order chi connectivity index (χ0) is 16.4. The highest BCUT2D eigenvalue weighted by Gasteiger charge is 2.19. The fourth-order valence-corrected chi connectivity index (χ4v) is 2.18. The Morgan fingerprint density at radius 2 is 1.86 bits per heavy atom. The Morgan fingerprint density at radius 3 is 2.45 bits per heavy atom. The third kappa shape index (κ3) is 7.13. The van der Waals surface area contributed by atoms with E-state index in [1.807, 2.05) is 0 Å². The second-order valence-electron chi connectivity index (χ2n) is 4.77. The van der Waals surface area contributed by atoms with Gasteiger partial charge in [-0.25, -0.2) is 4.39 Å². The number of halogens is 1. The number of carbonyl (C=O) groups is 1. The average molecular weight is 332 g/mol. The molecule has 0 saturated carbocycles. The van der Waals surface area contributed by atoms with Crippen LogP contribution in [-0.4, -0.2) is 28.8 Å². The molecule has 0 bridgehead atoms. The molecule has 1 amide bonds. The van der Waals surface area contributed by atoms with Crippen molar-refractivity contribution in [3.8, 4) is 5.75 Å². The molecule has 0 spiro atoms. The maximum atomic E-state index is 14.0. The first-order chi connectivity index (χ1) is 10.5. The molecule has 8 heteroatoms. The summed E-state index contributed by atoms with van der Waals surface area (Å²) >= 11 is 0. The van der Waals surface area contributed by atoms with Gasteiger partial charge in [0, 0.05) is 6.54 Å². The molecule has 0 aromatic heterocycles. The van der Waals surface area contributed by atoms with Crippen molar-refractivity contribution in [2.75, 3.05) is 13.1 Å². The monoisotopic (exact) mass is 332 g/mol. The van der Waals surface area contributed by atoms with Crippen LogP contribution in [0.2, 0.25) is 0 Å². The van der Waals surface area contributed by atoms with Crippen molar-refractivity contribution in [1.82, 2.24) is 5.32 Å². The Bertz CT molecular complexity index is 445. The van der Waals surface area contributed by atoms with E-state index < -0.39 is 20.7 Å². The van der Waals surface area contributed by atoms with Crippen LogP contribution in [0.25, 0.3) is 0 Å². The van der Waals surface area contributed by atoms with E-state index in [1.165, 1.54) is 24.3 Å². The summed E-state index contributed by atoms with van der Waals surface area (Å²) < 4.78 is 18.7. The van der Waals surface area contributed by atoms with E-state index in [2.05, 4.69) is 9.84 Å². The summed E-state index contributed by atoms with van der Waals surface area (Å²) in [4.78, 5) is 29.1. The Morgan fingerprint density at radius 1 is 1.23 bits per heavy atom. The summed E-state index contributed by atoms with van der Waals surface area (Å²) in [5.41, 5.74) is 5.57. The van der Waals surface area contributed by atoms with E-state index in [9.17, 15) is 9.18 Å². The third-order valence-electron chi connectivity index (χ3n) is 3.02. The molecule has 0 aliphatic heterocycles. The minimum absolute atomic E-state index is 0.188. The normalized spacial score (nSPS) is 12.2. The Balaban J connectivity index is 2.36. The zero-order valence-electron chi connectivity index (χ0n) is 12.2. The molecule has 124 valence electrons. The highest BCUT2D eigenvalue weighted by atomic mass is 31.2. The molecule has 6 nitrogen and oxygen atoms in total. The van der Waals surface area contributed by atoms with Gasteiger partial charge in [-0.1, -0.05) is 25.0 Å². The summed E-state index contributed by atoms with van der Waals surface area (Å²) in [5.74, 6) is -0.480. The van der Waals surface area contributed by atoms with E-state index in [-0.39, 0.29) is 11.3 Å². The van der Waals surface area contributed by atoms with E-state index >= 15 is 0 Å². The second kappa shape index (κ2) is 10.5. The number of amides is 1. The number of carbonyl (C=O) groups excluding carboxylic acids is 1. The van der Waals surface area contributed by atoms with Crippen LogP contribution in [-0.2, 0) is 4.79 Å². The lowest BCUT2D eigenvalue weighted by molar-refractivity contribution is -0.126. The molecule has 1 aromatic rings. The Labute approximate surface area is 130 Å². The van der Waals surface area contributed by atoms with Crippen molar-refractivity contribution < 1.29 is 23.5 Å². The van der Waals surface area contributed by atoms with Crippen molar-refractivity contribution >= 4 is 14.5 Å². The summed E-state index contributed by atoms with van der Waals surface area (Å²) in [6.45, 7) is 1.09. The molecule has 0 aliphatic carbocycles. The van der Waals surface area contributed by atoms with Gasteiger partial charge in [-0.3, -0.25) is 4.79 Å². The molecule has 1 atom stereocenters. The van der Waals surface area contributed by atoms with Gasteiger partial charge in [0.05, 0.1) is 0 Å². The summed E-state index contributed by atoms with van der Waals surface area (Å²) in [6, 6.07) is 5.51. The number of benzene rings is 1. The highest BCUT2D eigenvalue weighted by Crippen LogP contribution is 2.30. The predicted octanol–water partition coefficient (Wildman–Crippen LogP) is 1.92. The van der Waals surface area contributed by atoms with Gasteiger partial charge in [0.1, 0.15) is 5.75 Å². The Hall–Kier alpha value is -1.27. The van der Waals surface area contributed by atoms with Crippen molar-refractivity contribution in [2.45, 2.75) is 31.9 Å². The first-order valence-electron chi connectivity index (χ1n) is 7.12. The van der Waals surface area contributed by atoms with Gasteiger partial charge in [-0.2, -0.15) is 0 Å². The molecular formula is C14H22FN2O4P. The van der Waals surface area contributed by atoms with E-state index in [1.54, 1.807) is 0 Å². The van der Waals surface area contributed by atoms with Crippen LogP contribution in [0.4, 0.5) is 4.39 Å². The first-order valence-corrected chi connectivity index (χ1v) is 8.28. The number of rotatable bonds is 10. The molecule has 0 heterocycles. The predicted molar refractivity (Wildman–Crippen MR) is 82.8 cm³/mol. The number of unbranched alkanes of at least 4 members (excludes halogenated alkanes) is 3. The van der Waals surface area contributed by atoms with Crippen LogP contribution in [0.3, 0.4) is 0 Å². The largest absolute Gasteiger partial charge is 0.427 e. The molecule has 0 aliphatic rings. The number of hydrogen-bond acceptors (Lipinski definition) is 5. The molecular weight excluding hydrogens is 310 g/mol. The lowest BCUT2D eigenvalue weighted by atomic mass is 10.1. The molecule has 0 fully saturated rings. The van der Waals surface area contributed by atoms with Crippen molar-refractivity contribution in [2.24, 2.45) is 5.73 Å². The Kier molecular flexibility index (Phi) is 8.92. The number of alkyl halides is 1. The third-order valence-corrected chi connectivity index (χ3v) is 3.39. The van der Waals surface area contributed by atoms with Crippen LogP contribution in [0, 0.1) is 0 Å². The van der Waals surface area contributed by atoms with E-state index in [0.29, 0.717) is 13.1 Å². The SMILES string of the molecule is NCCCCCCNC(=O)C(F)c1ccc(OP(O)O)cc1. The number of nitrogens with two attached hydrogens (primary N) is 1. The lowest BCUT2D eigenvalue weighted by Gasteiger charge is -2.11. The maximum Gasteiger partial charge on any atom is 0.391 e. The van der Waals surface area contributed by atoms with Gasteiger partial charge in [0.2, 0.25) is 6.17 Å². The van der Waals surface area contributed by atoms with Gasteiger partial charge in [-0.15, -0.1) is 0 Å². The molecule has 1 rings (SSSR count). The molecule has 5 N–H and O–H groups in total. The van der Waals surface area contributed by atoms with Crippen molar-refractivity contribution in [3.63, 3.8) is 0 Å². The van der Waals surface area contributed by atoms with Crippen LogP contribution >= 0.6 is 8.60 Å². The van der Waals surface area contributed by atoms with Crippen LogP contribution in [0.5, 0.6) is 5.75 Å². The second-order valence-corrected chi connectivity index (χ2v) is 5.46. The zero-order valence-corrected chi connectivity index (χ0v) is 13.1. The molecule has 22 heavy (non-hydrogen) atoms. The summed E-state index contributed by atoms with van der Waals surface area (Å²) in [5, 5.41) is 2.55. The van der Waals surface area contributed by atoms with Crippen molar-refractivity contribution in [1.29, 1.82) is 0 Å². The highest BCUT2D eigenvalue weighted by molar-refractivity contribution is 7.39. The van der Waals surface area contributed by atoms with E-state index in [4.69, 9.17) is 15.5 Å². The van der Waals surface area contributed by atoms with Crippen LogP contribution < -0.4 is 15.6 Å². The number of nitrogens with one attached hydrogen (secondary N) is 1. The molecule has 1 unspecified atom stereocenters. The maximum absolute atomic E-state index is 14.0. The lowest BCUT2D eigenvalue weighted by Crippen LogP contribution is -2.28. The molecule has 0 saturated heterocycles. The van der Waals surface area contributed by atoms with Gasteiger partial charge < -0.3 is 25.4 Å². The van der Waals surface area contributed by atoms with Gasteiger partial charge >= 0.3 is 8.60 Å². The average Bonchev–Trinajstić information content (AvgIpc) is 2.50. The topological polar surface area (TPSA) is 105 Å². The molecule has 1 aromatic carbocycles. The summed E-state index contributed by atoms with van der Waals surface area (Å²) in [6.07, 6.45) is 1.94.